The van der Waals surface area contributed by atoms with Crippen molar-refractivity contribution in [2.24, 2.45) is 0 Å². The van der Waals surface area contributed by atoms with E-state index >= 15 is 0 Å². The zero-order valence-electron chi connectivity index (χ0n) is 14.9. The van der Waals surface area contributed by atoms with Gasteiger partial charge in [-0.15, -0.1) is 0 Å². The highest BCUT2D eigenvalue weighted by atomic mass is 19.1. The summed E-state index contributed by atoms with van der Waals surface area (Å²) in [5.74, 6) is 1.42. The fourth-order valence-electron chi connectivity index (χ4n) is 3.45. The van der Waals surface area contributed by atoms with Gasteiger partial charge < -0.3 is 5.32 Å². The van der Waals surface area contributed by atoms with E-state index in [0.29, 0.717) is 11.9 Å². The van der Waals surface area contributed by atoms with E-state index in [2.05, 4.69) is 42.3 Å². The molecule has 1 saturated heterocycles. The van der Waals surface area contributed by atoms with Gasteiger partial charge in [0.15, 0.2) is 0 Å². The predicted molar refractivity (Wildman–Crippen MR) is 101 cm³/mol. The maximum Gasteiger partial charge on any atom is 0.228 e. The molecule has 0 saturated carbocycles. The van der Waals surface area contributed by atoms with Crippen LogP contribution in [0.5, 0.6) is 0 Å². The Balaban J connectivity index is 1.43. The summed E-state index contributed by atoms with van der Waals surface area (Å²) in [6.45, 7) is 2.72. The Hall–Kier alpha value is -2.93. The van der Waals surface area contributed by atoms with Crippen LogP contribution in [-0.4, -0.2) is 37.9 Å². The van der Waals surface area contributed by atoms with Gasteiger partial charge >= 0.3 is 0 Å². The number of hydrogen-bond donors (Lipinski definition) is 1. The van der Waals surface area contributed by atoms with Gasteiger partial charge in [-0.25, -0.2) is 19.3 Å². The third-order valence-electron chi connectivity index (χ3n) is 4.74. The van der Waals surface area contributed by atoms with Crippen LogP contribution in [0, 0.1) is 5.82 Å². The quantitative estimate of drug-likeness (QED) is 0.747. The van der Waals surface area contributed by atoms with Gasteiger partial charge in [-0.05, 0) is 61.2 Å². The molecule has 6 nitrogen and oxygen atoms in total. The van der Waals surface area contributed by atoms with Crippen LogP contribution in [0.1, 0.15) is 30.0 Å². The summed E-state index contributed by atoms with van der Waals surface area (Å²) in [5.41, 5.74) is 2.15. The van der Waals surface area contributed by atoms with Crippen LogP contribution in [0.15, 0.2) is 55.1 Å². The first-order chi connectivity index (χ1) is 13.3. The molecule has 7 heteroatoms. The number of hydrogen-bond acceptors (Lipinski definition) is 6. The SMILES string of the molecule is Fc1ccc(CN2CCC[C@@H](c3ccnc(Nc4ncccn4)c3)C2)nc1. The van der Waals surface area contributed by atoms with Gasteiger partial charge in [-0.3, -0.25) is 9.88 Å². The van der Waals surface area contributed by atoms with Crippen molar-refractivity contribution in [3.05, 3.63) is 72.2 Å². The van der Waals surface area contributed by atoms with E-state index in [9.17, 15) is 4.39 Å². The minimum atomic E-state index is -0.297. The van der Waals surface area contributed by atoms with Crippen molar-refractivity contribution >= 4 is 11.8 Å². The highest BCUT2D eigenvalue weighted by Crippen LogP contribution is 2.28. The first-order valence-corrected chi connectivity index (χ1v) is 9.09. The maximum absolute atomic E-state index is 13.0. The van der Waals surface area contributed by atoms with Crippen molar-refractivity contribution in [3.63, 3.8) is 0 Å². The van der Waals surface area contributed by atoms with E-state index < -0.39 is 0 Å². The Labute approximate surface area is 157 Å². The van der Waals surface area contributed by atoms with E-state index in [1.807, 2.05) is 6.20 Å². The number of pyridine rings is 2. The fourth-order valence-corrected chi connectivity index (χ4v) is 3.45. The smallest absolute Gasteiger partial charge is 0.228 e. The van der Waals surface area contributed by atoms with E-state index in [-0.39, 0.29) is 5.82 Å². The second kappa shape index (κ2) is 8.18. The first-order valence-electron chi connectivity index (χ1n) is 9.09. The molecule has 138 valence electrons. The summed E-state index contributed by atoms with van der Waals surface area (Å²) >= 11 is 0. The highest BCUT2D eigenvalue weighted by Gasteiger charge is 2.22. The predicted octanol–water partition coefficient (Wildman–Crippen LogP) is 3.53. The van der Waals surface area contributed by atoms with Crippen LogP contribution >= 0.6 is 0 Å². The fraction of sp³-hybridized carbons (Fsp3) is 0.300. The summed E-state index contributed by atoms with van der Waals surface area (Å²) in [4.78, 5) is 19.3. The minimum absolute atomic E-state index is 0.297. The average molecular weight is 364 g/mol. The number of aromatic nitrogens is 4. The number of likely N-dealkylation sites (tertiary alicyclic amines) is 1. The topological polar surface area (TPSA) is 66.8 Å². The molecular formula is C20H21FN6. The zero-order valence-corrected chi connectivity index (χ0v) is 14.9. The van der Waals surface area contributed by atoms with Gasteiger partial charge in [0.1, 0.15) is 11.6 Å². The molecule has 27 heavy (non-hydrogen) atoms. The standard InChI is InChI=1S/C20H21FN6/c21-17-4-5-18(25-12-17)14-27-10-1-3-16(13-27)15-6-9-22-19(11-15)26-20-23-7-2-8-24-20/h2,4-9,11-12,16H,1,3,10,13-14H2,(H,22,23,24,26)/t16-/m1/s1. The van der Waals surface area contributed by atoms with Crippen LogP contribution in [0.25, 0.3) is 0 Å². The Morgan fingerprint density at radius 1 is 1.07 bits per heavy atom. The molecule has 0 aromatic carbocycles. The molecule has 0 spiro atoms. The van der Waals surface area contributed by atoms with Gasteiger partial charge in [-0.1, -0.05) is 0 Å². The van der Waals surface area contributed by atoms with E-state index in [1.54, 1.807) is 24.5 Å². The number of piperidine rings is 1. The summed E-state index contributed by atoms with van der Waals surface area (Å²) in [5, 5.41) is 3.15. The second-order valence-corrected chi connectivity index (χ2v) is 6.71. The number of nitrogens with zero attached hydrogens (tertiary/aromatic N) is 5. The summed E-state index contributed by atoms with van der Waals surface area (Å²) in [7, 11) is 0. The number of halogens is 1. The summed E-state index contributed by atoms with van der Waals surface area (Å²) in [6, 6.07) is 9.15. The number of nitrogens with one attached hydrogen (secondary N) is 1. The minimum Gasteiger partial charge on any atom is -0.309 e. The molecule has 1 N–H and O–H groups in total. The molecule has 4 rings (SSSR count). The zero-order chi connectivity index (χ0) is 18.5. The monoisotopic (exact) mass is 364 g/mol. The average Bonchev–Trinajstić information content (AvgIpc) is 2.71. The normalized spacial score (nSPS) is 17.6. The van der Waals surface area contributed by atoms with Gasteiger partial charge in [-0.2, -0.15) is 0 Å². The molecule has 0 unspecified atom stereocenters. The van der Waals surface area contributed by atoms with Crippen LogP contribution in [0.2, 0.25) is 0 Å². The molecule has 0 bridgehead atoms. The van der Waals surface area contributed by atoms with Gasteiger partial charge in [0.05, 0.1) is 11.9 Å². The van der Waals surface area contributed by atoms with Crippen molar-refractivity contribution in [2.45, 2.75) is 25.3 Å². The van der Waals surface area contributed by atoms with Crippen LogP contribution in [-0.2, 0) is 6.54 Å². The van der Waals surface area contributed by atoms with Crippen molar-refractivity contribution in [3.8, 4) is 0 Å². The molecule has 3 aromatic rings. The van der Waals surface area contributed by atoms with Crippen molar-refractivity contribution in [2.75, 3.05) is 18.4 Å². The van der Waals surface area contributed by atoms with Crippen molar-refractivity contribution < 1.29 is 4.39 Å². The Bertz CT molecular complexity index is 871. The third kappa shape index (κ3) is 4.62. The molecule has 0 aliphatic carbocycles. The van der Waals surface area contributed by atoms with Gasteiger partial charge in [0.25, 0.3) is 0 Å². The van der Waals surface area contributed by atoms with Crippen molar-refractivity contribution in [1.82, 2.24) is 24.8 Å². The molecule has 1 atom stereocenters. The lowest BCUT2D eigenvalue weighted by molar-refractivity contribution is 0.198. The van der Waals surface area contributed by atoms with Gasteiger partial charge in [0.2, 0.25) is 5.95 Å². The highest BCUT2D eigenvalue weighted by molar-refractivity contribution is 5.48. The summed E-state index contributed by atoms with van der Waals surface area (Å²) < 4.78 is 13.0. The molecule has 1 aliphatic heterocycles. The lowest BCUT2D eigenvalue weighted by Gasteiger charge is -2.32. The van der Waals surface area contributed by atoms with E-state index in [1.165, 1.54) is 17.8 Å². The van der Waals surface area contributed by atoms with Crippen molar-refractivity contribution in [1.29, 1.82) is 0 Å². The van der Waals surface area contributed by atoms with Crippen LogP contribution in [0.3, 0.4) is 0 Å². The molecule has 1 fully saturated rings. The molecule has 0 amide bonds. The number of rotatable bonds is 5. The maximum atomic E-state index is 13.0. The largest absolute Gasteiger partial charge is 0.309 e. The Morgan fingerprint density at radius 3 is 2.78 bits per heavy atom. The molecule has 4 heterocycles. The second-order valence-electron chi connectivity index (χ2n) is 6.71. The number of anilines is 2. The van der Waals surface area contributed by atoms with E-state index in [4.69, 9.17) is 0 Å². The Kier molecular flexibility index (Phi) is 5.29. The Morgan fingerprint density at radius 2 is 1.96 bits per heavy atom. The summed E-state index contributed by atoms with van der Waals surface area (Å²) in [6.07, 6.45) is 8.76. The lowest BCUT2D eigenvalue weighted by Crippen LogP contribution is -2.34. The first kappa shape index (κ1) is 17.5. The molecule has 1 aliphatic rings. The molecule has 3 aromatic heterocycles. The lowest BCUT2D eigenvalue weighted by atomic mass is 9.91. The third-order valence-corrected chi connectivity index (χ3v) is 4.74. The molecular weight excluding hydrogens is 343 g/mol. The van der Waals surface area contributed by atoms with E-state index in [0.717, 1.165) is 44.0 Å². The van der Waals surface area contributed by atoms with Gasteiger partial charge in [0, 0.05) is 31.7 Å². The van der Waals surface area contributed by atoms with Crippen LogP contribution < -0.4 is 5.32 Å². The molecule has 0 radical (unpaired) electrons. The van der Waals surface area contributed by atoms with Crippen LogP contribution in [0.4, 0.5) is 16.2 Å².